The first-order valence-corrected chi connectivity index (χ1v) is 14.4. The summed E-state index contributed by atoms with van der Waals surface area (Å²) in [5.74, 6) is -0.612. The zero-order valence-electron chi connectivity index (χ0n) is 22.2. The SMILES string of the molecule is CCCNC(=O)[C@H](CC)N(Cc1cccc(C)c1)C(=O)CCCN(c1cccc(C(F)(F)F)c1)S(C)(=O)=O. The van der Waals surface area contributed by atoms with Gasteiger partial charge in [0.2, 0.25) is 21.8 Å². The topological polar surface area (TPSA) is 86.8 Å². The van der Waals surface area contributed by atoms with Crippen molar-refractivity contribution in [2.45, 2.75) is 65.2 Å². The highest BCUT2D eigenvalue weighted by atomic mass is 32.2. The van der Waals surface area contributed by atoms with Crippen LogP contribution < -0.4 is 9.62 Å². The van der Waals surface area contributed by atoms with Crippen molar-refractivity contribution in [2.75, 3.05) is 23.7 Å². The summed E-state index contributed by atoms with van der Waals surface area (Å²) in [5.41, 5.74) is 0.759. The van der Waals surface area contributed by atoms with Crippen LogP contribution in [0.2, 0.25) is 0 Å². The van der Waals surface area contributed by atoms with Crippen LogP contribution in [-0.2, 0) is 32.3 Å². The van der Waals surface area contributed by atoms with Crippen LogP contribution in [0.25, 0.3) is 0 Å². The van der Waals surface area contributed by atoms with Gasteiger partial charge < -0.3 is 10.2 Å². The van der Waals surface area contributed by atoms with Gasteiger partial charge in [-0.2, -0.15) is 13.2 Å². The van der Waals surface area contributed by atoms with Crippen molar-refractivity contribution in [2.24, 2.45) is 0 Å². The highest BCUT2D eigenvalue weighted by Gasteiger charge is 2.32. The lowest BCUT2D eigenvalue weighted by molar-refractivity contribution is -0.141. The normalized spacial score (nSPS) is 12.6. The summed E-state index contributed by atoms with van der Waals surface area (Å²) in [4.78, 5) is 27.8. The number of carbonyl (C=O) groups excluding carboxylic acids is 2. The van der Waals surface area contributed by atoms with Crippen LogP contribution in [0.1, 0.15) is 56.2 Å². The third-order valence-electron chi connectivity index (χ3n) is 5.98. The third-order valence-corrected chi connectivity index (χ3v) is 7.18. The fourth-order valence-corrected chi connectivity index (χ4v) is 5.09. The summed E-state index contributed by atoms with van der Waals surface area (Å²) < 4.78 is 65.2. The van der Waals surface area contributed by atoms with E-state index in [-0.39, 0.29) is 43.4 Å². The molecule has 2 amide bonds. The van der Waals surface area contributed by atoms with Gasteiger partial charge in [-0.05, 0) is 49.9 Å². The van der Waals surface area contributed by atoms with Crippen molar-refractivity contribution in [3.8, 4) is 0 Å². The highest BCUT2D eigenvalue weighted by Crippen LogP contribution is 2.32. The number of hydrogen-bond donors (Lipinski definition) is 1. The second-order valence-corrected chi connectivity index (χ2v) is 11.1. The predicted octanol–water partition coefficient (Wildman–Crippen LogP) is 4.89. The number of alkyl halides is 3. The number of benzene rings is 2. The van der Waals surface area contributed by atoms with E-state index in [1.54, 1.807) is 0 Å². The largest absolute Gasteiger partial charge is 0.416 e. The molecule has 0 aliphatic rings. The summed E-state index contributed by atoms with van der Waals surface area (Å²) in [6.07, 6.45) is -2.63. The van der Waals surface area contributed by atoms with E-state index >= 15 is 0 Å². The van der Waals surface area contributed by atoms with Crippen LogP contribution in [0.3, 0.4) is 0 Å². The highest BCUT2D eigenvalue weighted by molar-refractivity contribution is 7.92. The summed E-state index contributed by atoms with van der Waals surface area (Å²) in [6.45, 7) is 6.14. The number of carbonyl (C=O) groups is 2. The fourth-order valence-electron chi connectivity index (χ4n) is 4.13. The first-order valence-electron chi connectivity index (χ1n) is 12.6. The van der Waals surface area contributed by atoms with Crippen LogP contribution in [0, 0.1) is 6.92 Å². The van der Waals surface area contributed by atoms with Crippen molar-refractivity contribution >= 4 is 27.5 Å². The predicted molar refractivity (Wildman–Crippen MR) is 142 cm³/mol. The van der Waals surface area contributed by atoms with E-state index in [0.717, 1.165) is 46.3 Å². The first-order chi connectivity index (χ1) is 17.8. The molecule has 0 spiro atoms. The molecule has 0 saturated heterocycles. The van der Waals surface area contributed by atoms with Gasteiger partial charge in [0, 0.05) is 26.1 Å². The molecular weight excluding hydrogens is 519 g/mol. The molecule has 2 aromatic rings. The average Bonchev–Trinajstić information content (AvgIpc) is 2.84. The minimum Gasteiger partial charge on any atom is -0.354 e. The smallest absolute Gasteiger partial charge is 0.354 e. The number of halogens is 3. The van der Waals surface area contributed by atoms with Crippen molar-refractivity contribution in [3.63, 3.8) is 0 Å². The second kappa shape index (κ2) is 13.6. The molecule has 0 saturated carbocycles. The summed E-state index contributed by atoms with van der Waals surface area (Å²) in [7, 11) is -3.92. The molecule has 0 bridgehead atoms. The van der Waals surface area contributed by atoms with Gasteiger partial charge in [-0.15, -0.1) is 0 Å². The molecule has 0 fully saturated rings. The minimum absolute atomic E-state index is 0.0550. The maximum Gasteiger partial charge on any atom is 0.416 e. The number of amides is 2. The number of aryl methyl sites for hydroxylation is 1. The van der Waals surface area contributed by atoms with Gasteiger partial charge in [-0.3, -0.25) is 13.9 Å². The fraction of sp³-hybridized carbons (Fsp3) is 0.481. The van der Waals surface area contributed by atoms with Crippen molar-refractivity contribution in [1.29, 1.82) is 0 Å². The standard InChI is InChI=1S/C27H36F3N3O4S/c1-5-15-31-26(35)24(6-2)32(19-21-11-7-10-20(3)17-21)25(34)14-9-16-33(38(4,36)37)23-13-8-12-22(18-23)27(28,29)30/h7-8,10-13,17-18,24H,5-6,9,14-16,19H2,1-4H3,(H,31,35)/t24-/m0/s1. The molecule has 210 valence electrons. The zero-order valence-corrected chi connectivity index (χ0v) is 23.0. The van der Waals surface area contributed by atoms with Gasteiger partial charge in [0.05, 0.1) is 17.5 Å². The molecule has 0 unspecified atom stereocenters. The Hall–Kier alpha value is -3.08. The van der Waals surface area contributed by atoms with E-state index in [0.29, 0.717) is 13.0 Å². The lowest BCUT2D eigenvalue weighted by Gasteiger charge is -2.31. The Bertz CT molecular complexity index is 1200. The van der Waals surface area contributed by atoms with Crippen LogP contribution in [0.5, 0.6) is 0 Å². The Morgan fingerprint density at radius 2 is 1.74 bits per heavy atom. The van der Waals surface area contributed by atoms with Crippen LogP contribution in [0.15, 0.2) is 48.5 Å². The summed E-state index contributed by atoms with van der Waals surface area (Å²) in [6, 6.07) is 10.9. The van der Waals surface area contributed by atoms with Crippen molar-refractivity contribution < 1.29 is 31.2 Å². The van der Waals surface area contributed by atoms with Gasteiger partial charge in [-0.25, -0.2) is 8.42 Å². The third kappa shape index (κ3) is 9.04. The van der Waals surface area contributed by atoms with E-state index in [2.05, 4.69) is 5.32 Å². The van der Waals surface area contributed by atoms with E-state index in [9.17, 15) is 31.2 Å². The Labute approximate surface area is 223 Å². The van der Waals surface area contributed by atoms with Gasteiger partial charge in [0.1, 0.15) is 6.04 Å². The van der Waals surface area contributed by atoms with Crippen LogP contribution in [-0.4, -0.2) is 50.5 Å². The van der Waals surface area contributed by atoms with E-state index in [4.69, 9.17) is 0 Å². The maximum absolute atomic E-state index is 13.4. The molecule has 2 rings (SSSR count). The average molecular weight is 556 g/mol. The Morgan fingerprint density at radius 3 is 2.32 bits per heavy atom. The molecular formula is C27H36F3N3O4S. The molecule has 0 radical (unpaired) electrons. The Morgan fingerprint density at radius 1 is 1.05 bits per heavy atom. The molecule has 38 heavy (non-hydrogen) atoms. The lowest BCUT2D eigenvalue weighted by atomic mass is 10.1. The molecule has 0 aliphatic heterocycles. The molecule has 0 aromatic heterocycles. The van der Waals surface area contributed by atoms with Gasteiger partial charge in [0.15, 0.2) is 0 Å². The number of nitrogens with one attached hydrogen (secondary N) is 1. The van der Waals surface area contributed by atoms with Crippen molar-refractivity contribution in [1.82, 2.24) is 10.2 Å². The van der Waals surface area contributed by atoms with Crippen LogP contribution in [0.4, 0.5) is 18.9 Å². The molecule has 1 N–H and O–H groups in total. The second-order valence-electron chi connectivity index (χ2n) is 9.21. The monoisotopic (exact) mass is 555 g/mol. The van der Waals surface area contributed by atoms with E-state index < -0.39 is 27.8 Å². The van der Waals surface area contributed by atoms with Crippen LogP contribution >= 0.6 is 0 Å². The van der Waals surface area contributed by atoms with Gasteiger partial charge >= 0.3 is 6.18 Å². The summed E-state index contributed by atoms with van der Waals surface area (Å²) in [5, 5.41) is 2.84. The Balaban J connectivity index is 2.25. The molecule has 7 nitrogen and oxygen atoms in total. The van der Waals surface area contributed by atoms with E-state index in [1.807, 2.05) is 45.0 Å². The zero-order chi connectivity index (χ0) is 28.5. The Kier molecular flexibility index (Phi) is 11.2. The molecule has 0 heterocycles. The molecule has 11 heteroatoms. The number of sulfonamides is 1. The number of rotatable bonds is 13. The van der Waals surface area contributed by atoms with Gasteiger partial charge in [0.25, 0.3) is 0 Å². The van der Waals surface area contributed by atoms with Crippen molar-refractivity contribution in [3.05, 3.63) is 65.2 Å². The molecule has 0 aliphatic carbocycles. The van der Waals surface area contributed by atoms with E-state index in [1.165, 1.54) is 11.0 Å². The quantitative estimate of drug-likeness (QED) is 0.381. The number of hydrogen-bond acceptors (Lipinski definition) is 4. The molecule has 1 atom stereocenters. The summed E-state index contributed by atoms with van der Waals surface area (Å²) >= 11 is 0. The number of nitrogens with zero attached hydrogens (tertiary/aromatic N) is 2. The number of anilines is 1. The van der Waals surface area contributed by atoms with Gasteiger partial charge in [-0.1, -0.05) is 49.7 Å². The molecule has 2 aromatic carbocycles. The first kappa shape index (κ1) is 31.1. The lowest BCUT2D eigenvalue weighted by Crippen LogP contribution is -2.49. The maximum atomic E-state index is 13.4. The minimum atomic E-state index is -4.63.